The van der Waals surface area contributed by atoms with E-state index in [0.717, 1.165) is 38.5 Å². The lowest BCUT2D eigenvalue weighted by Crippen LogP contribution is -2.59. The van der Waals surface area contributed by atoms with Crippen LogP contribution in [-0.2, 0) is 28.5 Å². The molecule has 10 nitrogen and oxygen atoms in total. The average molecular weight is 841 g/mol. The van der Waals surface area contributed by atoms with Crippen LogP contribution in [0.15, 0.2) is 12.2 Å². The number of rotatable bonds is 42. The highest BCUT2D eigenvalue weighted by atomic mass is 16.7. The summed E-state index contributed by atoms with van der Waals surface area (Å²) >= 11 is 0. The molecule has 0 aromatic heterocycles. The van der Waals surface area contributed by atoms with E-state index in [-0.39, 0.29) is 32.0 Å². The molecule has 1 aliphatic heterocycles. The molecule has 6 unspecified atom stereocenters. The number of hydrogen-bond acceptors (Lipinski definition) is 10. The third-order valence-corrected chi connectivity index (χ3v) is 11.7. The van der Waals surface area contributed by atoms with Gasteiger partial charge in [0.15, 0.2) is 12.4 Å². The molecule has 1 rings (SSSR count). The van der Waals surface area contributed by atoms with Crippen molar-refractivity contribution in [3.63, 3.8) is 0 Å². The Morgan fingerprint density at radius 2 is 0.898 bits per heavy atom. The minimum absolute atomic E-state index is 0.212. The van der Waals surface area contributed by atoms with Crippen molar-refractivity contribution in [3.05, 3.63) is 12.2 Å². The van der Waals surface area contributed by atoms with Crippen LogP contribution >= 0.6 is 0 Å². The number of hydrogen-bond donors (Lipinski definition) is 4. The summed E-state index contributed by atoms with van der Waals surface area (Å²) in [7, 11) is 0. The van der Waals surface area contributed by atoms with E-state index in [4.69, 9.17) is 18.9 Å². The SMILES string of the molecule is CCCCCCCC/C=C\CCCCCCCCCCCC(=O)OC(COC(=O)CCCCCCCCCCCCCCCCC)COC1OC(CO)C(O)C(O)C1O. The van der Waals surface area contributed by atoms with Crippen LogP contribution in [-0.4, -0.2) is 89.0 Å². The van der Waals surface area contributed by atoms with Gasteiger partial charge in [-0.2, -0.15) is 0 Å². The molecular formula is C49H92O10. The molecule has 10 heteroatoms. The zero-order valence-electron chi connectivity index (χ0n) is 38.0. The maximum Gasteiger partial charge on any atom is 0.306 e. The molecule has 1 heterocycles. The fraction of sp³-hybridized carbons (Fsp3) is 0.918. The lowest BCUT2D eigenvalue weighted by Gasteiger charge is -2.39. The summed E-state index contributed by atoms with van der Waals surface area (Å²) in [6.45, 7) is 3.45. The van der Waals surface area contributed by atoms with Crippen molar-refractivity contribution in [2.24, 2.45) is 0 Å². The highest BCUT2D eigenvalue weighted by Crippen LogP contribution is 2.23. The van der Waals surface area contributed by atoms with Crippen LogP contribution in [0, 0.1) is 0 Å². The van der Waals surface area contributed by atoms with Gasteiger partial charge in [-0.05, 0) is 38.5 Å². The zero-order chi connectivity index (χ0) is 43.0. The van der Waals surface area contributed by atoms with Crippen molar-refractivity contribution in [2.45, 2.75) is 269 Å². The third-order valence-electron chi connectivity index (χ3n) is 11.7. The molecular weight excluding hydrogens is 749 g/mol. The number of aliphatic hydroxyl groups is 4. The topological polar surface area (TPSA) is 152 Å². The van der Waals surface area contributed by atoms with Crippen molar-refractivity contribution < 1.29 is 49.0 Å². The molecule has 59 heavy (non-hydrogen) atoms. The molecule has 0 bridgehead atoms. The number of unbranched alkanes of at least 4 members (excludes halogenated alkanes) is 29. The molecule has 348 valence electrons. The molecule has 1 fully saturated rings. The first-order valence-electron chi connectivity index (χ1n) is 24.8. The smallest absolute Gasteiger partial charge is 0.306 e. The van der Waals surface area contributed by atoms with Crippen LogP contribution < -0.4 is 0 Å². The Labute approximate surface area is 361 Å². The molecule has 0 spiro atoms. The Bertz CT molecular complexity index is 974. The normalized spacial score (nSPS) is 20.0. The van der Waals surface area contributed by atoms with Crippen LogP contribution in [0.5, 0.6) is 0 Å². The van der Waals surface area contributed by atoms with Crippen molar-refractivity contribution in [1.82, 2.24) is 0 Å². The van der Waals surface area contributed by atoms with Gasteiger partial charge in [0, 0.05) is 12.8 Å². The van der Waals surface area contributed by atoms with Crippen LogP contribution in [0.3, 0.4) is 0 Å². The summed E-state index contributed by atoms with van der Waals surface area (Å²) in [5.41, 5.74) is 0. The minimum atomic E-state index is -1.59. The molecule has 0 amide bonds. The molecule has 0 aromatic carbocycles. The molecule has 1 saturated heterocycles. The molecule has 1 aliphatic rings. The van der Waals surface area contributed by atoms with Gasteiger partial charge in [-0.3, -0.25) is 9.59 Å². The number of aliphatic hydroxyl groups excluding tert-OH is 4. The van der Waals surface area contributed by atoms with Gasteiger partial charge in [0.2, 0.25) is 0 Å². The van der Waals surface area contributed by atoms with Crippen molar-refractivity contribution in [2.75, 3.05) is 19.8 Å². The van der Waals surface area contributed by atoms with Crippen LogP contribution in [0.25, 0.3) is 0 Å². The Hall–Kier alpha value is -1.56. The lowest BCUT2D eigenvalue weighted by molar-refractivity contribution is -0.305. The first-order chi connectivity index (χ1) is 28.8. The molecule has 4 N–H and O–H groups in total. The Kier molecular flexibility index (Phi) is 38.1. The summed E-state index contributed by atoms with van der Waals surface area (Å²) in [5, 5.41) is 40.1. The van der Waals surface area contributed by atoms with Crippen molar-refractivity contribution in [3.8, 4) is 0 Å². The minimum Gasteiger partial charge on any atom is -0.462 e. The van der Waals surface area contributed by atoms with E-state index >= 15 is 0 Å². The van der Waals surface area contributed by atoms with Gasteiger partial charge in [0.05, 0.1) is 13.2 Å². The molecule has 6 atom stereocenters. The summed E-state index contributed by atoms with van der Waals surface area (Å²) in [4.78, 5) is 25.4. The molecule has 0 aromatic rings. The average Bonchev–Trinajstić information content (AvgIpc) is 3.23. The van der Waals surface area contributed by atoms with Crippen LogP contribution in [0.1, 0.15) is 232 Å². The van der Waals surface area contributed by atoms with Crippen LogP contribution in [0.4, 0.5) is 0 Å². The Morgan fingerprint density at radius 1 is 0.508 bits per heavy atom. The van der Waals surface area contributed by atoms with E-state index in [9.17, 15) is 30.0 Å². The molecule has 0 radical (unpaired) electrons. The number of esters is 2. The van der Waals surface area contributed by atoms with Gasteiger partial charge in [-0.15, -0.1) is 0 Å². The van der Waals surface area contributed by atoms with Gasteiger partial charge in [0.1, 0.15) is 31.0 Å². The fourth-order valence-electron chi connectivity index (χ4n) is 7.71. The first kappa shape index (κ1) is 55.5. The third kappa shape index (κ3) is 31.9. The van der Waals surface area contributed by atoms with Gasteiger partial charge < -0.3 is 39.4 Å². The van der Waals surface area contributed by atoms with E-state index in [1.54, 1.807) is 0 Å². The first-order valence-corrected chi connectivity index (χ1v) is 24.8. The van der Waals surface area contributed by atoms with E-state index < -0.39 is 49.4 Å². The largest absolute Gasteiger partial charge is 0.462 e. The van der Waals surface area contributed by atoms with Crippen molar-refractivity contribution >= 4 is 11.9 Å². The predicted molar refractivity (Wildman–Crippen MR) is 238 cm³/mol. The van der Waals surface area contributed by atoms with Crippen molar-refractivity contribution in [1.29, 1.82) is 0 Å². The predicted octanol–water partition coefficient (Wildman–Crippen LogP) is 11.1. The summed E-state index contributed by atoms with van der Waals surface area (Å²) in [6, 6.07) is 0. The van der Waals surface area contributed by atoms with Gasteiger partial charge in [-0.25, -0.2) is 0 Å². The number of allylic oxidation sites excluding steroid dienone is 2. The monoisotopic (exact) mass is 841 g/mol. The molecule has 0 aliphatic carbocycles. The standard InChI is InChI=1S/C49H92O10/c1-3-5-7-9-11-13-15-17-19-20-21-22-24-26-28-30-32-34-36-38-45(52)58-42(41-57-49-48(55)47(54)46(53)43(39-50)59-49)40-56-44(51)37-35-33-31-29-27-25-23-18-16-14-12-10-8-6-4-2/h17,19,42-43,46-50,53-55H,3-16,18,20-41H2,1-2H3/b19-17-. The summed E-state index contributed by atoms with van der Waals surface area (Å²) in [5.74, 6) is -0.795. The van der Waals surface area contributed by atoms with Gasteiger partial charge in [-0.1, -0.05) is 193 Å². The van der Waals surface area contributed by atoms with E-state index in [2.05, 4.69) is 26.0 Å². The summed E-state index contributed by atoms with van der Waals surface area (Å²) in [6.07, 6.45) is 36.4. The number of carbonyl (C=O) groups is 2. The fourth-order valence-corrected chi connectivity index (χ4v) is 7.71. The zero-order valence-corrected chi connectivity index (χ0v) is 38.0. The second-order valence-electron chi connectivity index (χ2n) is 17.3. The van der Waals surface area contributed by atoms with E-state index in [1.807, 2.05) is 0 Å². The van der Waals surface area contributed by atoms with E-state index in [1.165, 1.54) is 161 Å². The lowest BCUT2D eigenvalue weighted by atomic mass is 9.99. The number of carbonyl (C=O) groups excluding carboxylic acids is 2. The second kappa shape index (κ2) is 40.5. The maximum absolute atomic E-state index is 12.8. The number of ether oxygens (including phenoxy) is 4. The van der Waals surface area contributed by atoms with Crippen LogP contribution in [0.2, 0.25) is 0 Å². The quantitative estimate of drug-likeness (QED) is 0.0265. The Balaban J connectivity index is 2.27. The second-order valence-corrected chi connectivity index (χ2v) is 17.3. The molecule has 0 saturated carbocycles. The maximum atomic E-state index is 12.8. The highest BCUT2D eigenvalue weighted by Gasteiger charge is 2.44. The highest BCUT2D eigenvalue weighted by molar-refractivity contribution is 5.70. The summed E-state index contributed by atoms with van der Waals surface area (Å²) < 4.78 is 22.2. The Morgan fingerprint density at radius 3 is 1.32 bits per heavy atom. The van der Waals surface area contributed by atoms with Gasteiger partial charge in [0.25, 0.3) is 0 Å². The van der Waals surface area contributed by atoms with E-state index in [0.29, 0.717) is 6.42 Å². The van der Waals surface area contributed by atoms with Gasteiger partial charge >= 0.3 is 11.9 Å².